The molecule has 0 atom stereocenters. The lowest BCUT2D eigenvalue weighted by Crippen LogP contribution is -2.48. The van der Waals surface area contributed by atoms with Gasteiger partial charge in [0.05, 0.1) is 17.7 Å². The van der Waals surface area contributed by atoms with Crippen molar-refractivity contribution in [2.75, 3.05) is 26.2 Å². The predicted molar refractivity (Wildman–Crippen MR) is 109 cm³/mol. The summed E-state index contributed by atoms with van der Waals surface area (Å²) in [5.74, 6) is 0.0253. The van der Waals surface area contributed by atoms with Crippen LogP contribution in [0.15, 0.2) is 49.1 Å². The van der Waals surface area contributed by atoms with Crippen LogP contribution in [0.1, 0.15) is 21.5 Å². The summed E-state index contributed by atoms with van der Waals surface area (Å²) in [6, 6.07) is 7.33. The fraction of sp³-hybridized carbons (Fsp3) is 0.350. The van der Waals surface area contributed by atoms with E-state index in [4.69, 9.17) is 0 Å². The van der Waals surface area contributed by atoms with Crippen LogP contribution in [0.5, 0.6) is 0 Å². The van der Waals surface area contributed by atoms with Crippen LogP contribution < -0.4 is 0 Å². The van der Waals surface area contributed by atoms with Crippen LogP contribution in [0.4, 0.5) is 5.69 Å². The predicted octanol–water partition coefficient (Wildman–Crippen LogP) is 1.53. The first kappa shape index (κ1) is 19.8. The van der Waals surface area contributed by atoms with Crippen LogP contribution >= 0.6 is 0 Å². The number of aromatic nitrogens is 4. The van der Waals surface area contributed by atoms with Crippen LogP contribution in [0.25, 0.3) is 0 Å². The van der Waals surface area contributed by atoms with Crippen LogP contribution in [-0.2, 0) is 20.1 Å². The number of nitrogens with zero attached hydrogens (tertiary/aromatic N) is 7. The van der Waals surface area contributed by atoms with Crippen molar-refractivity contribution < 1.29 is 9.72 Å². The molecule has 1 aliphatic rings. The Balaban J connectivity index is 1.31. The van der Waals surface area contributed by atoms with E-state index in [1.54, 1.807) is 16.8 Å². The molecule has 0 spiro atoms. The maximum Gasteiger partial charge on any atom is 0.307 e. The van der Waals surface area contributed by atoms with Crippen LogP contribution in [0.2, 0.25) is 0 Å². The minimum atomic E-state index is -0.470. The molecule has 30 heavy (non-hydrogen) atoms. The molecule has 10 heteroatoms. The molecule has 1 fully saturated rings. The number of hydrogen-bond acceptors (Lipinski definition) is 6. The first-order valence-electron chi connectivity index (χ1n) is 9.73. The number of nitro groups is 1. The van der Waals surface area contributed by atoms with Crippen molar-refractivity contribution in [3.05, 3.63) is 75.9 Å². The average molecular weight is 409 g/mol. The zero-order valence-electron chi connectivity index (χ0n) is 16.7. The van der Waals surface area contributed by atoms with Gasteiger partial charge in [-0.25, -0.2) is 0 Å². The summed E-state index contributed by atoms with van der Waals surface area (Å²) in [7, 11) is 1.91. The van der Waals surface area contributed by atoms with Gasteiger partial charge in [0.15, 0.2) is 0 Å². The van der Waals surface area contributed by atoms with Gasteiger partial charge in [-0.05, 0) is 17.7 Å². The maximum atomic E-state index is 12.8. The molecular formula is C20H23N7O3. The van der Waals surface area contributed by atoms with E-state index in [0.717, 1.165) is 25.2 Å². The fourth-order valence-corrected chi connectivity index (χ4v) is 3.58. The Morgan fingerprint density at radius 2 is 1.73 bits per heavy atom. The molecule has 1 saturated heterocycles. The Bertz CT molecular complexity index is 1030. The quantitative estimate of drug-likeness (QED) is 0.452. The minimum absolute atomic E-state index is 0.0253. The molecule has 0 N–H and O–H groups in total. The number of piperazine rings is 1. The molecule has 0 unspecified atom stereocenters. The van der Waals surface area contributed by atoms with Crippen molar-refractivity contribution in [1.29, 1.82) is 0 Å². The van der Waals surface area contributed by atoms with Crippen LogP contribution in [0, 0.1) is 10.1 Å². The van der Waals surface area contributed by atoms with Crippen molar-refractivity contribution >= 4 is 11.6 Å². The molecule has 10 nitrogen and oxygen atoms in total. The first-order valence-corrected chi connectivity index (χ1v) is 9.73. The molecular weight excluding hydrogens is 386 g/mol. The van der Waals surface area contributed by atoms with Crippen molar-refractivity contribution in [3.63, 3.8) is 0 Å². The molecule has 3 heterocycles. The molecule has 4 rings (SSSR count). The standard InChI is InChI=1S/C20H23N7O3/c1-23-12-17(10-21-23)13-24-6-8-25(9-7-24)20(28)18-4-2-16(3-5-18)14-26-15-19(11-22-26)27(29)30/h2-5,10-12,15H,6-9,13-14H2,1H3. The number of amides is 1. The van der Waals surface area contributed by atoms with E-state index < -0.39 is 4.92 Å². The zero-order valence-corrected chi connectivity index (χ0v) is 16.7. The summed E-state index contributed by atoms with van der Waals surface area (Å²) >= 11 is 0. The second-order valence-corrected chi connectivity index (χ2v) is 7.44. The number of aryl methyl sites for hydroxylation is 1. The number of carbonyl (C=O) groups is 1. The third-order valence-electron chi connectivity index (χ3n) is 5.20. The molecule has 0 aliphatic carbocycles. The molecule has 0 saturated carbocycles. The SMILES string of the molecule is Cn1cc(CN2CCN(C(=O)c3ccc(Cn4cc([N+](=O)[O-])cn4)cc3)CC2)cn1. The number of benzene rings is 1. The van der Waals surface area contributed by atoms with Gasteiger partial charge < -0.3 is 4.90 Å². The van der Waals surface area contributed by atoms with Gasteiger partial charge in [-0.3, -0.25) is 29.2 Å². The highest BCUT2D eigenvalue weighted by molar-refractivity contribution is 5.94. The number of carbonyl (C=O) groups excluding carboxylic acids is 1. The van der Waals surface area contributed by atoms with Gasteiger partial charge in [-0.1, -0.05) is 12.1 Å². The minimum Gasteiger partial charge on any atom is -0.336 e. The normalized spacial score (nSPS) is 14.8. The lowest BCUT2D eigenvalue weighted by Gasteiger charge is -2.34. The maximum absolute atomic E-state index is 12.8. The average Bonchev–Trinajstić information content (AvgIpc) is 3.38. The van der Waals surface area contributed by atoms with E-state index in [1.807, 2.05) is 36.5 Å². The highest BCUT2D eigenvalue weighted by atomic mass is 16.6. The summed E-state index contributed by atoms with van der Waals surface area (Å²) in [4.78, 5) is 27.3. The van der Waals surface area contributed by atoms with Gasteiger partial charge >= 0.3 is 5.69 Å². The highest BCUT2D eigenvalue weighted by Crippen LogP contribution is 2.14. The molecule has 0 bridgehead atoms. The van der Waals surface area contributed by atoms with E-state index >= 15 is 0 Å². The van der Waals surface area contributed by atoms with Gasteiger partial charge in [-0.15, -0.1) is 0 Å². The molecule has 156 valence electrons. The van der Waals surface area contributed by atoms with Crippen LogP contribution in [-0.4, -0.2) is 66.4 Å². The Kier molecular flexibility index (Phi) is 5.57. The summed E-state index contributed by atoms with van der Waals surface area (Å²) in [6.07, 6.45) is 6.51. The Morgan fingerprint density at radius 1 is 1.00 bits per heavy atom. The van der Waals surface area contributed by atoms with E-state index in [2.05, 4.69) is 15.1 Å². The van der Waals surface area contributed by atoms with Gasteiger partial charge in [-0.2, -0.15) is 10.2 Å². The third kappa shape index (κ3) is 4.54. The van der Waals surface area contributed by atoms with E-state index in [0.29, 0.717) is 25.2 Å². The zero-order chi connectivity index (χ0) is 21.1. The van der Waals surface area contributed by atoms with Gasteiger partial charge in [0.2, 0.25) is 0 Å². The third-order valence-corrected chi connectivity index (χ3v) is 5.20. The van der Waals surface area contributed by atoms with Crippen molar-refractivity contribution in [2.24, 2.45) is 7.05 Å². The summed E-state index contributed by atoms with van der Waals surface area (Å²) < 4.78 is 3.31. The second kappa shape index (κ2) is 8.46. The molecule has 3 aromatic rings. The second-order valence-electron chi connectivity index (χ2n) is 7.44. The molecule has 2 aromatic heterocycles. The largest absolute Gasteiger partial charge is 0.336 e. The van der Waals surface area contributed by atoms with E-state index in [1.165, 1.54) is 22.6 Å². The monoisotopic (exact) mass is 409 g/mol. The Labute approximate surface area is 173 Å². The lowest BCUT2D eigenvalue weighted by molar-refractivity contribution is -0.385. The molecule has 1 aromatic carbocycles. The Hall–Kier alpha value is -3.53. The number of hydrogen-bond donors (Lipinski definition) is 0. The lowest BCUT2D eigenvalue weighted by atomic mass is 10.1. The van der Waals surface area contributed by atoms with E-state index in [-0.39, 0.29) is 11.6 Å². The van der Waals surface area contributed by atoms with Crippen molar-refractivity contribution in [1.82, 2.24) is 29.4 Å². The van der Waals surface area contributed by atoms with Crippen molar-refractivity contribution in [3.8, 4) is 0 Å². The Morgan fingerprint density at radius 3 is 2.33 bits per heavy atom. The highest BCUT2D eigenvalue weighted by Gasteiger charge is 2.22. The molecule has 1 amide bonds. The van der Waals surface area contributed by atoms with Gasteiger partial charge in [0.1, 0.15) is 12.4 Å². The molecule has 0 radical (unpaired) electrons. The topological polar surface area (TPSA) is 102 Å². The van der Waals surface area contributed by atoms with Crippen LogP contribution in [0.3, 0.4) is 0 Å². The summed E-state index contributed by atoms with van der Waals surface area (Å²) in [5.41, 5.74) is 2.71. The number of rotatable bonds is 6. The van der Waals surface area contributed by atoms with E-state index in [9.17, 15) is 14.9 Å². The fourth-order valence-electron chi connectivity index (χ4n) is 3.58. The smallest absolute Gasteiger partial charge is 0.307 e. The van der Waals surface area contributed by atoms with Crippen molar-refractivity contribution in [2.45, 2.75) is 13.1 Å². The van der Waals surface area contributed by atoms with Gasteiger partial charge in [0.25, 0.3) is 5.91 Å². The first-order chi connectivity index (χ1) is 14.5. The molecule has 1 aliphatic heterocycles. The van der Waals surface area contributed by atoms with Gasteiger partial charge in [0, 0.05) is 57.1 Å². The summed E-state index contributed by atoms with van der Waals surface area (Å²) in [5, 5.41) is 18.9. The summed E-state index contributed by atoms with van der Waals surface area (Å²) in [6.45, 7) is 4.30.